The summed E-state index contributed by atoms with van der Waals surface area (Å²) in [6, 6.07) is -0.556. The van der Waals surface area contributed by atoms with Gasteiger partial charge in [-0.1, -0.05) is 20.4 Å². The Morgan fingerprint density at radius 3 is 2.31 bits per heavy atom. The Kier molecular flexibility index (Phi) is 4.14. The van der Waals surface area contributed by atoms with E-state index in [0.717, 1.165) is 0 Å². The number of carbonyl (C=O) groups is 1. The van der Waals surface area contributed by atoms with E-state index in [1.54, 1.807) is 19.9 Å². The Morgan fingerprint density at radius 1 is 1.54 bits per heavy atom. The molecule has 0 amide bonds. The minimum atomic E-state index is -0.635. The van der Waals surface area contributed by atoms with Gasteiger partial charge in [0.1, 0.15) is 11.6 Å². The molecule has 76 valence electrons. The molecule has 0 fully saturated rings. The van der Waals surface area contributed by atoms with Gasteiger partial charge in [0.05, 0.1) is 0 Å². The molecule has 0 aromatic rings. The molecule has 13 heavy (non-hydrogen) atoms. The maximum atomic E-state index is 11.4. The van der Waals surface area contributed by atoms with Gasteiger partial charge in [-0.25, -0.2) is 0 Å². The highest BCUT2D eigenvalue weighted by atomic mass is 16.6. The molecule has 1 atom stereocenters. The second kappa shape index (κ2) is 4.42. The molecule has 0 radical (unpaired) electrons. The van der Waals surface area contributed by atoms with E-state index in [1.807, 2.05) is 13.8 Å². The minimum absolute atomic E-state index is 0.0908. The lowest BCUT2D eigenvalue weighted by atomic mass is 10.1. The van der Waals surface area contributed by atoms with Gasteiger partial charge in [-0.2, -0.15) is 0 Å². The summed E-state index contributed by atoms with van der Waals surface area (Å²) in [5.41, 5.74) is 4.98. The van der Waals surface area contributed by atoms with Crippen LogP contribution in [0.15, 0.2) is 12.7 Å². The van der Waals surface area contributed by atoms with E-state index in [-0.39, 0.29) is 11.9 Å². The first kappa shape index (κ1) is 12.2. The fraction of sp³-hybridized carbons (Fsp3) is 0.700. The molecule has 3 heteroatoms. The second-order valence-corrected chi connectivity index (χ2v) is 4.00. The van der Waals surface area contributed by atoms with E-state index in [1.165, 1.54) is 0 Å². The van der Waals surface area contributed by atoms with Crippen molar-refractivity contribution in [1.29, 1.82) is 0 Å². The second-order valence-electron chi connectivity index (χ2n) is 4.00. The lowest BCUT2D eigenvalue weighted by Crippen LogP contribution is -2.41. The van der Waals surface area contributed by atoms with Gasteiger partial charge >= 0.3 is 5.97 Å². The molecule has 2 N–H and O–H groups in total. The predicted octanol–water partition coefficient (Wildman–Crippen LogP) is 1.48. The number of ether oxygens (including phenoxy) is 1. The van der Waals surface area contributed by atoms with Gasteiger partial charge in [-0.05, 0) is 25.8 Å². The van der Waals surface area contributed by atoms with Crippen LogP contribution in [0.25, 0.3) is 0 Å². The van der Waals surface area contributed by atoms with Crippen molar-refractivity contribution in [3.63, 3.8) is 0 Å². The number of hydrogen-bond acceptors (Lipinski definition) is 3. The van der Waals surface area contributed by atoms with Crippen molar-refractivity contribution >= 4 is 5.97 Å². The molecule has 0 rings (SSSR count). The molecule has 3 nitrogen and oxygen atoms in total. The molecule has 0 aromatic heterocycles. The molecule has 0 unspecified atom stereocenters. The van der Waals surface area contributed by atoms with Crippen molar-refractivity contribution in [2.75, 3.05) is 0 Å². The van der Waals surface area contributed by atoms with Gasteiger partial charge in [0.15, 0.2) is 0 Å². The fourth-order valence-electron chi connectivity index (χ4n) is 0.641. The van der Waals surface area contributed by atoms with Crippen LogP contribution in [0.5, 0.6) is 0 Å². The zero-order valence-electron chi connectivity index (χ0n) is 8.83. The van der Waals surface area contributed by atoms with Crippen molar-refractivity contribution in [2.24, 2.45) is 11.7 Å². The van der Waals surface area contributed by atoms with Crippen molar-refractivity contribution in [1.82, 2.24) is 0 Å². The average Bonchev–Trinajstić information content (AvgIpc) is 2.02. The molecule has 0 bridgehead atoms. The first-order chi connectivity index (χ1) is 5.80. The highest BCUT2D eigenvalue weighted by Crippen LogP contribution is 2.12. The first-order valence-electron chi connectivity index (χ1n) is 4.42. The van der Waals surface area contributed by atoms with Crippen LogP contribution in [0.4, 0.5) is 0 Å². The number of hydrogen-bond donors (Lipinski definition) is 1. The Labute approximate surface area is 79.9 Å². The van der Waals surface area contributed by atoms with Crippen molar-refractivity contribution in [2.45, 2.75) is 39.3 Å². The average molecular weight is 185 g/mol. The Hall–Kier alpha value is -0.830. The summed E-state index contributed by atoms with van der Waals surface area (Å²) in [6.07, 6.45) is 1.58. The van der Waals surface area contributed by atoms with E-state index in [0.29, 0.717) is 0 Å². The van der Waals surface area contributed by atoms with E-state index < -0.39 is 11.6 Å². The molecule has 0 saturated carbocycles. The maximum Gasteiger partial charge on any atom is 0.324 e. The lowest BCUT2D eigenvalue weighted by molar-refractivity contribution is -0.155. The van der Waals surface area contributed by atoms with Crippen LogP contribution < -0.4 is 5.73 Å². The summed E-state index contributed by atoms with van der Waals surface area (Å²) in [4.78, 5) is 11.4. The molecule has 0 heterocycles. The molecule has 0 aliphatic carbocycles. The SMILES string of the molecule is C=CC(C)(C)OC(=O)[C@@H](N)C(C)C. The first-order valence-corrected chi connectivity index (χ1v) is 4.42. The van der Waals surface area contributed by atoms with Crippen LogP contribution >= 0.6 is 0 Å². The zero-order valence-corrected chi connectivity index (χ0v) is 8.83. The van der Waals surface area contributed by atoms with Gasteiger partial charge < -0.3 is 10.5 Å². The van der Waals surface area contributed by atoms with Gasteiger partial charge in [-0.3, -0.25) is 4.79 Å². The third-order valence-electron chi connectivity index (χ3n) is 1.85. The van der Waals surface area contributed by atoms with Gasteiger partial charge in [0.2, 0.25) is 0 Å². The van der Waals surface area contributed by atoms with Crippen molar-refractivity contribution in [3.05, 3.63) is 12.7 Å². The summed E-state index contributed by atoms with van der Waals surface area (Å²) in [6.45, 7) is 10.9. The third kappa shape index (κ3) is 4.08. The molecular formula is C10H19NO2. The van der Waals surface area contributed by atoms with Crippen molar-refractivity contribution < 1.29 is 9.53 Å². The van der Waals surface area contributed by atoms with Crippen LogP contribution in [-0.4, -0.2) is 17.6 Å². The summed E-state index contributed by atoms with van der Waals surface area (Å²) in [5.74, 6) is -0.284. The number of nitrogens with two attached hydrogens (primary N) is 1. The van der Waals surface area contributed by atoms with Gasteiger partial charge in [0.25, 0.3) is 0 Å². The Bertz CT molecular complexity index is 197. The summed E-state index contributed by atoms with van der Waals surface area (Å²) < 4.78 is 5.13. The zero-order chi connectivity index (χ0) is 10.6. The highest BCUT2D eigenvalue weighted by Gasteiger charge is 2.25. The molecule has 0 saturated heterocycles. The van der Waals surface area contributed by atoms with E-state index in [9.17, 15) is 4.79 Å². The van der Waals surface area contributed by atoms with E-state index >= 15 is 0 Å². The number of carbonyl (C=O) groups excluding carboxylic acids is 1. The maximum absolute atomic E-state index is 11.4. The largest absolute Gasteiger partial charge is 0.454 e. The molecule has 0 spiro atoms. The fourth-order valence-corrected chi connectivity index (χ4v) is 0.641. The van der Waals surface area contributed by atoms with Crippen LogP contribution in [0, 0.1) is 5.92 Å². The standard InChI is InChI=1S/C10H19NO2/c1-6-10(4,5)13-9(12)8(11)7(2)3/h6-8H,1,11H2,2-5H3/t8-/m0/s1. The third-order valence-corrected chi connectivity index (χ3v) is 1.85. The van der Waals surface area contributed by atoms with Crippen LogP contribution in [0.2, 0.25) is 0 Å². The topological polar surface area (TPSA) is 52.3 Å². The summed E-state index contributed by atoms with van der Waals surface area (Å²) in [7, 11) is 0. The Morgan fingerprint density at radius 2 is 2.00 bits per heavy atom. The quantitative estimate of drug-likeness (QED) is 0.533. The van der Waals surface area contributed by atoms with E-state index in [4.69, 9.17) is 10.5 Å². The molecule has 0 aliphatic rings. The van der Waals surface area contributed by atoms with Gasteiger partial charge in [-0.15, -0.1) is 0 Å². The van der Waals surface area contributed by atoms with Crippen LogP contribution in [0.3, 0.4) is 0 Å². The normalized spacial score (nSPS) is 14.0. The smallest absolute Gasteiger partial charge is 0.324 e. The molecule has 0 aromatic carbocycles. The number of esters is 1. The minimum Gasteiger partial charge on any atom is -0.454 e. The lowest BCUT2D eigenvalue weighted by Gasteiger charge is -2.24. The highest BCUT2D eigenvalue weighted by molar-refractivity contribution is 5.76. The summed E-state index contributed by atoms with van der Waals surface area (Å²) >= 11 is 0. The molecular weight excluding hydrogens is 166 g/mol. The number of rotatable bonds is 4. The Balaban J connectivity index is 4.23. The molecule has 0 aliphatic heterocycles. The van der Waals surface area contributed by atoms with Crippen molar-refractivity contribution in [3.8, 4) is 0 Å². The van der Waals surface area contributed by atoms with Crippen LogP contribution in [-0.2, 0) is 9.53 Å². The van der Waals surface area contributed by atoms with Gasteiger partial charge in [0, 0.05) is 0 Å². The monoisotopic (exact) mass is 185 g/mol. The summed E-state index contributed by atoms with van der Waals surface area (Å²) in [5, 5.41) is 0. The van der Waals surface area contributed by atoms with Crippen LogP contribution in [0.1, 0.15) is 27.7 Å². The predicted molar refractivity (Wildman–Crippen MR) is 53.2 cm³/mol. The van der Waals surface area contributed by atoms with E-state index in [2.05, 4.69) is 6.58 Å².